The van der Waals surface area contributed by atoms with Gasteiger partial charge in [-0.25, -0.2) is 4.98 Å². The molecule has 1 aliphatic carbocycles. The minimum Gasteiger partial charge on any atom is -1.00 e. The summed E-state index contributed by atoms with van der Waals surface area (Å²) in [7, 11) is 4.47. The summed E-state index contributed by atoms with van der Waals surface area (Å²) in [5.74, 6) is 2.07. The van der Waals surface area contributed by atoms with Crippen LogP contribution in [0.1, 0.15) is 30.6 Å². The quantitative estimate of drug-likeness (QED) is 0.600. The van der Waals surface area contributed by atoms with Crippen LogP contribution < -0.4 is 34.7 Å². The van der Waals surface area contributed by atoms with E-state index in [2.05, 4.69) is 25.3 Å². The van der Waals surface area contributed by atoms with Crippen molar-refractivity contribution in [1.29, 1.82) is 0 Å². The molecular weight excluding hydrogens is 307 g/mol. The molecule has 0 bridgehead atoms. The van der Waals surface area contributed by atoms with Crippen LogP contribution in [0.2, 0.25) is 0 Å². The third-order valence-corrected chi connectivity index (χ3v) is 4.28. The zero-order chi connectivity index (χ0) is 13.2. The van der Waals surface area contributed by atoms with E-state index < -0.39 is 0 Å². The van der Waals surface area contributed by atoms with Gasteiger partial charge in [-0.2, -0.15) is 0 Å². The summed E-state index contributed by atoms with van der Waals surface area (Å²) in [5, 5.41) is 1.29. The van der Waals surface area contributed by atoms with Gasteiger partial charge in [-0.1, -0.05) is 0 Å². The number of aryl methyl sites for hydroxylation is 1. The van der Waals surface area contributed by atoms with Gasteiger partial charge in [-0.05, 0) is 31.6 Å². The molecule has 1 aliphatic rings. The molecule has 0 saturated carbocycles. The molecule has 2 N–H and O–H groups in total. The lowest BCUT2D eigenvalue weighted by molar-refractivity contribution is -0.858. The van der Waals surface area contributed by atoms with Gasteiger partial charge in [0.25, 0.3) is 0 Å². The second-order valence-electron chi connectivity index (χ2n) is 6.13. The summed E-state index contributed by atoms with van der Waals surface area (Å²) >= 11 is 0. The average molecular weight is 331 g/mol. The number of H-pyrrole nitrogens is 1. The molecular formula is C16H24Cl2N2O. The highest BCUT2D eigenvalue weighted by Gasteiger charge is 2.24. The highest BCUT2D eigenvalue weighted by Crippen LogP contribution is 2.34. The van der Waals surface area contributed by atoms with Crippen molar-refractivity contribution < 1.29 is 39.1 Å². The summed E-state index contributed by atoms with van der Waals surface area (Å²) in [6, 6.07) is 2.04. The number of quaternary nitrogens is 1. The maximum absolute atomic E-state index is 5.96. The Morgan fingerprint density at radius 1 is 1.33 bits per heavy atom. The van der Waals surface area contributed by atoms with Crippen molar-refractivity contribution in [2.45, 2.75) is 32.1 Å². The zero-order valence-electron chi connectivity index (χ0n) is 12.7. The second kappa shape index (κ2) is 8.02. The number of rotatable bonds is 4. The molecule has 118 valence electrons. The molecule has 0 radical (unpaired) electrons. The first-order valence-electron chi connectivity index (χ1n) is 7.43. The van der Waals surface area contributed by atoms with Crippen LogP contribution in [0.4, 0.5) is 0 Å². The topological polar surface area (TPSA) is 31.7 Å². The number of furan rings is 1. The van der Waals surface area contributed by atoms with Crippen molar-refractivity contribution >= 4 is 11.0 Å². The summed E-state index contributed by atoms with van der Waals surface area (Å²) in [5.41, 5.74) is 2.50. The molecule has 1 atom stereocenters. The van der Waals surface area contributed by atoms with Crippen LogP contribution in [0.3, 0.4) is 0 Å². The Bertz CT molecular complexity index is 568. The van der Waals surface area contributed by atoms with Crippen molar-refractivity contribution in [2.75, 3.05) is 20.6 Å². The van der Waals surface area contributed by atoms with E-state index >= 15 is 0 Å². The minimum atomic E-state index is 0. The van der Waals surface area contributed by atoms with Crippen LogP contribution in [0.5, 0.6) is 0 Å². The number of pyridine rings is 1. The first-order valence-corrected chi connectivity index (χ1v) is 7.43. The van der Waals surface area contributed by atoms with Gasteiger partial charge in [0, 0.05) is 18.1 Å². The van der Waals surface area contributed by atoms with Gasteiger partial charge < -0.3 is 34.1 Å². The molecule has 1 unspecified atom stereocenters. The van der Waals surface area contributed by atoms with Crippen molar-refractivity contribution in [3.05, 3.63) is 29.8 Å². The largest absolute Gasteiger partial charge is 1.00 e. The molecule has 0 fully saturated rings. The van der Waals surface area contributed by atoms with Crippen LogP contribution in [0, 0.1) is 5.92 Å². The number of nitrogens with one attached hydrogen (secondary N) is 2. The van der Waals surface area contributed by atoms with E-state index in [9.17, 15) is 0 Å². The van der Waals surface area contributed by atoms with Gasteiger partial charge in [0.2, 0.25) is 0 Å². The van der Waals surface area contributed by atoms with Crippen LogP contribution in [0.15, 0.2) is 22.9 Å². The van der Waals surface area contributed by atoms with E-state index in [1.165, 1.54) is 48.9 Å². The molecule has 0 amide bonds. The van der Waals surface area contributed by atoms with E-state index in [0.717, 1.165) is 17.9 Å². The van der Waals surface area contributed by atoms with Crippen molar-refractivity contribution in [3.63, 3.8) is 0 Å². The van der Waals surface area contributed by atoms with Gasteiger partial charge >= 0.3 is 0 Å². The van der Waals surface area contributed by atoms with E-state index in [4.69, 9.17) is 4.42 Å². The van der Waals surface area contributed by atoms with Gasteiger partial charge in [-0.3, -0.25) is 0 Å². The first-order chi connectivity index (χ1) is 9.24. The minimum absolute atomic E-state index is 0. The van der Waals surface area contributed by atoms with E-state index in [1.807, 2.05) is 12.3 Å². The molecule has 3 rings (SSSR count). The fraction of sp³-hybridized carbons (Fsp3) is 0.562. The molecule has 0 saturated heterocycles. The van der Waals surface area contributed by atoms with E-state index in [1.54, 1.807) is 4.90 Å². The Hall–Kier alpha value is -0.770. The number of hydrogen-bond donors (Lipinski definition) is 1. The monoisotopic (exact) mass is 330 g/mol. The molecule has 2 aromatic rings. The van der Waals surface area contributed by atoms with E-state index in [-0.39, 0.29) is 24.8 Å². The standard InChI is InChI=1S/C16H22N2O.2ClH/c1-18(2)9-3-4-12-5-6-15-13(10-12)14-11-17-8-7-16(14)19-15;;/h7-8,11-12H,3-6,9-10H2,1-2H3;2*1H. The lowest BCUT2D eigenvalue weighted by Crippen LogP contribution is -3.05. The molecule has 0 aliphatic heterocycles. The Kier molecular flexibility index (Phi) is 6.98. The predicted octanol–water partition coefficient (Wildman–Crippen LogP) is -4.72. The lowest BCUT2D eigenvalue weighted by atomic mass is 9.84. The molecule has 0 aromatic carbocycles. The predicted molar refractivity (Wildman–Crippen MR) is 75.2 cm³/mol. The summed E-state index contributed by atoms with van der Waals surface area (Å²) in [6.07, 6.45) is 10.3. The lowest BCUT2D eigenvalue weighted by Gasteiger charge is -2.21. The van der Waals surface area contributed by atoms with Crippen molar-refractivity contribution in [2.24, 2.45) is 5.92 Å². The summed E-state index contributed by atoms with van der Waals surface area (Å²) < 4.78 is 5.96. The molecule has 21 heavy (non-hydrogen) atoms. The maximum atomic E-state index is 5.96. The molecule has 5 heteroatoms. The van der Waals surface area contributed by atoms with Gasteiger partial charge in [0.15, 0.2) is 12.4 Å². The number of aromatic amines is 1. The van der Waals surface area contributed by atoms with Crippen LogP contribution >= 0.6 is 0 Å². The van der Waals surface area contributed by atoms with Gasteiger partial charge in [0.1, 0.15) is 11.3 Å². The van der Waals surface area contributed by atoms with E-state index in [0.29, 0.717) is 0 Å². The number of halogens is 2. The highest BCUT2D eigenvalue weighted by molar-refractivity contribution is 5.80. The third-order valence-electron chi connectivity index (χ3n) is 4.28. The Morgan fingerprint density at radius 3 is 2.90 bits per heavy atom. The Labute approximate surface area is 138 Å². The Balaban J connectivity index is 0.00000110. The average Bonchev–Trinajstić information content (AvgIpc) is 2.76. The highest BCUT2D eigenvalue weighted by atomic mass is 35.5. The number of aromatic nitrogens is 1. The van der Waals surface area contributed by atoms with Crippen LogP contribution in [-0.2, 0) is 12.8 Å². The fourth-order valence-corrected chi connectivity index (χ4v) is 3.23. The maximum Gasteiger partial charge on any atom is 0.178 e. The van der Waals surface area contributed by atoms with Crippen LogP contribution in [-0.4, -0.2) is 20.6 Å². The number of fused-ring (bicyclic) bond motifs is 3. The first kappa shape index (κ1) is 18.3. The normalized spacial score (nSPS) is 17.2. The van der Waals surface area contributed by atoms with Crippen LogP contribution in [0.25, 0.3) is 11.0 Å². The SMILES string of the molecule is C[NH+](C)CCCC1CCc2oc3cc[nH+]cc3c2C1.[Cl-].[Cl-]. The summed E-state index contributed by atoms with van der Waals surface area (Å²) in [6.45, 7) is 1.28. The molecule has 3 nitrogen and oxygen atoms in total. The Morgan fingerprint density at radius 2 is 2.14 bits per heavy atom. The summed E-state index contributed by atoms with van der Waals surface area (Å²) in [4.78, 5) is 4.74. The fourth-order valence-electron chi connectivity index (χ4n) is 3.23. The van der Waals surface area contributed by atoms with Crippen molar-refractivity contribution in [3.8, 4) is 0 Å². The number of hydrogen-bond acceptors (Lipinski definition) is 1. The van der Waals surface area contributed by atoms with Gasteiger partial charge in [0.05, 0.1) is 26.0 Å². The van der Waals surface area contributed by atoms with Gasteiger partial charge in [-0.15, -0.1) is 0 Å². The molecule has 2 aromatic heterocycles. The third kappa shape index (κ3) is 4.12. The molecule has 0 spiro atoms. The second-order valence-corrected chi connectivity index (χ2v) is 6.13. The smallest absolute Gasteiger partial charge is 0.178 e. The van der Waals surface area contributed by atoms with Crippen molar-refractivity contribution in [1.82, 2.24) is 0 Å². The zero-order valence-corrected chi connectivity index (χ0v) is 14.2. The molecule has 2 heterocycles.